The molecule has 1 aromatic carbocycles. The average molecular weight is 358 g/mol. The molecular weight excluding hydrogens is 337 g/mol. The fraction of sp³-hybridized carbons (Fsp3) is 0.588. The van der Waals surface area contributed by atoms with Gasteiger partial charge in [0.15, 0.2) is 11.6 Å². The van der Waals surface area contributed by atoms with Gasteiger partial charge in [-0.2, -0.15) is 0 Å². The second-order valence-electron chi connectivity index (χ2n) is 6.55. The van der Waals surface area contributed by atoms with Crippen molar-refractivity contribution >= 4 is 5.91 Å². The monoisotopic (exact) mass is 358 g/mol. The van der Waals surface area contributed by atoms with Crippen LogP contribution in [0.25, 0.3) is 0 Å². The first kappa shape index (κ1) is 18.0. The molecule has 0 aliphatic carbocycles. The highest BCUT2D eigenvalue weighted by atomic mass is 19.3. The van der Waals surface area contributed by atoms with Crippen molar-refractivity contribution in [2.45, 2.75) is 24.4 Å². The largest absolute Gasteiger partial charge is 0.494 e. The van der Waals surface area contributed by atoms with Crippen LogP contribution in [0.3, 0.4) is 0 Å². The number of methoxy groups -OCH3 is 2. The summed E-state index contributed by atoms with van der Waals surface area (Å²) in [4.78, 5) is 15.7. The summed E-state index contributed by atoms with van der Waals surface area (Å²) in [6.07, 6.45) is -0.227. The van der Waals surface area contributed by atoms with Crippen LogP contribution < -0.4 is 4.74 Å². The summed E-state index contributed by atoms with van der Waals surface area (Å²) >= 11 is 0. The number of likely N-dealkylation sites (tertiary alicyclic amines) is 2. The number of benzene rings is 1. The molecule has 0 spiro atoms. The Kier molecular flexibility index (Phi) is 4.92. The maximum atomic E-state index is 13.7. The number of hydrogen-bond donors (Lipinski definition) is 0. The molecular formula is C17H21F3N2O3. The average Bonchev–Trinajstić information content (AvgIpc) is 2.80. The van der Waals surface area contributed by atoms with Crippen molar-refractivity contribution in [3.63, 3.8) is 0 Å². The van der Waals surface area contributed by atoms with Crippen molar-refractivity contribution < 1.29 is 27.4 Å². The van der Waals surface area contributed by atoms with Crippen LogP contribution in [-0.4, -0.2) is 74.2 Å². The number of hydrogen-bond acceptors (Lipinski definition) is 4. The van der Waals surface area contributed by atoms with Crippen molar-refractivity contribution in [1.82, 2.24) is 9.80 Å². The number of rotatable bonds is 5. The minimum Gasteiger partial charge on any atom is -0.494 e. The van der Waals surface area contributed by atoms with Crippen LogP contribution in [0.2, 0.25) is 0 Å². The number of carbonyl (C=O) groups is 1. The van der Waals surface area contributed by atoms with E-state index in [1.54, 1.807) is 4.90 Å². The molecule has 0 N–H and O–H groups in total. The summed E-state index contributed by atoms with van der Waals surface area (Å²) in [6, 6.07) is 3.55. The molecule has 2 aliphatic heterocycles. The summed E-state index contributed by atoms with van der Waals surface area (Å²) in [7, 11) is 2.84. The van der Waals surface area contributed by atoms with Crippen molar-refractivity contribution in [3.8, 4) is 5.75 Å². The Morgan fingerprint density at radius 2 is 2.04 bits per heavy atom. The lowest BCUT2D eigenvalue weighted by molar-refractivity contribution is -0.0136. The molecule has 5 nitrogen and oxygen atoms in total. The van der Waals surface area contributed by atoms with Crippen LogP contribution in [0.5, 0.6) is 5.75 Å². The van der Waals surface area contributed by atoms with E-state index in [-0.39, 0.29) is 48.9 Å². The van der Waals surface area contributed by atoms with Crippen LogP contribution in [0.4, 0.5) is 13.2 Å². The molecule has 0 bridgehead atoms. The standard InChI is InChI=1S/C17H21F3N2O3/c1-24-9-12-6-17(19,20)10-22(12)13-7-21(8-13)16(23)11-3-4-15(25-2)14(18)5-11/h3-5,12-13H,6-10H2,1-2H3/t12-/m0/s1. The number of ether oxygens (including phenoxy) is 2. The summed E-state index contributed by atoms with van der Waals surface area (Å²) in [6.45, 7) is 0.625. The zero-order valence-corrected chi connectivity index (χ0v) is 14.2. The molecule has 0 unspecified atom stereocenters. The molecule has 2 heterocycles. The number of carbonyl (C=O) groups excluding carboxylic acids is 1. The fourth-order valence-corrected chi connectivity index (χ4v) is 3.51. The smallest absolute Gasteiger partial charge is 0.262 e. The molecule has 138 valence electrons. The summed E-state index contributed by atoms with van der Waals surface area (Å²) in [5.41, 5.74) is 0.219. The van der Waals surface area contributed by atoms with Gasteiger partial charge in [0.05, 0.1) is 20.3 Å². The lowest BCUT2D eigenvalue weighted by Gasteiger charge is -2.45. The number of amides is 1. The predicted octanol–water partition coefficient (Wildman–Crippen LogP) is 2.01. The molecule has 25 heavy (non-hydrogen) atoms. The van der Waals surface area contributed by atoms with Gasteiger partial charge in [-0.3, -0.25) is 9.69 Å². The summed E-state index contributed by atoms with van der Waals surface area (Å²) < 4.78 is 51.0. The van der Waals surface area contributed by atoms with Gasteiger partial charge >= 0.3 is 0 Å². The van der Waals surface area contributed by atoms with Crippen molar-refractivity contribution in [2.75, 3.05) is 40.5 Å². The Morgan fingerprint density at radius 1 is 1.32 bits per heavy atom. The molecule has 8 heteroatoms. The van der Waals surface area contributed by atoms with Crippen molar-refractivity contribution in [2.24, 2.45) is 0 Å². The molecule has 2 fully saturated rings. The van der Waals surface area contributed by atoms with E-state index in [1.165, 1.54) is 31.3 Å². The van der Waals surface area contributed by atoms with Crippen LogP contribution in [0.1, 0.15) is 16.8 Å². The van der Waals surface area contributed by atoms with E-state index >= 15 is 0 Å². The van der Waals surface area contributed by atoms with Gasteiger partial charge in [-0.05, 0) is 18.2 Å². The Hall–Kier alpha value is -1.80. The van der Waals surface area contributed by atoms with E-state index in [4.69, 9.17) is 9.47 Å². The van der Waals surface area contributed by atoms with Gasteiger partial charge in [-0.15, -0.1) is 0 Å². The second kappa shape index (κ2) is 6.84. The zero-order chi connectivity index (χ0) is 18.2. The lowest BCUT2D eigenvalue weighted by atomic mass is 10.0. The second-order valence-corrected chi connectivity index (χ2v) is 6.55. The summed E-state index contributed by atoms with van der Waals surface area (Å²) in [5.74, 6) is -3.58. The first-order valence-corrected chi connectivity index (χ1v) is 8.10. The third-order valence-electron chi connectivity index (χ3n) is 4.79. The van der Waals surface area contributed by atoms with E-state index in [0.29, 0.717) is 13.1 Å². The molecule has 0 saturated carbocycles. The molecule has 1 aromatic rings. The third kappa shape index (κ3) is 3.59. The molecule has 0 aromatic heterocycles. The van der Waals surface area contributed by atoms with E-state index in [9.17, 15) is 18.0 Å². The normalized spacial score (nSPS) is 23.6. The first-order valence-electron chi connectivity index (χ1n) is 8.10. The maximum Gasteiger partial charge on any atom is 0.262 e. The van der Waals surface area contributed by atoms with Gasteiger partial charge in [0, 0.05) is 44.3 Å². The van der Waals surface area contributed by atoms with Gasteiger partial charge in [0.2, 0.25) is 0 Å². The number of nitrogens with zero attached hydrogens (tertiary/aromatic N) is 2. The molecule has 1 amide bonds. The van der Waals surface area contributed by atoms with Gasteiger partial charge in [0.1, 0.15) is 0 Å². The van der Waals surface area contributed by atoms with Crippen LogP contribution in [-0.2, 0) is 4.74 Å². The SMILES string of the molecule is COC[C@@H]1CC(F)(F)CN1C1CN(C(=O)c2ccc(OC)c(F)c2)C1. The van der Waals surface area contributed by atoms with Crippen LogP contribution >= 0.6 is 0 Å². The first-order chi connectivity index (χ1) is 11.8. The molecule has 2 saturated heterocycles. The molecule has 2 aliphatic rings. The third-order valence-corrected chi connectivity index (χ3v) is 4.79. The highest BCUT2D eigenvalue weighted by Crippen LogP contribution is 2.35. The lowest BCUT2D eigenvalue weighted by Crippen LogP contribution is -2.62. The predicted molar refractivity (Wildman–Crippen MR) is 84.6 cm³/mol. The van der Waals surface area contributed by atoms with E-state index in [1.807, 2.05) is 0 Å². The Balaban J connectivity index is 1.62. The van der Waals surface area contributed by atoms with Crippen LogP contribution in [0.15, 0.2) is 18.2 Å². The fourth-order valence-electron chi connectivity index (χ4n) is 3.51. The van der Waals surface area contributed by atoms with E-state index < -0.39 is 11.7 Å². The minimum absolute atomic E-state index is 0.0692. The van der Waals surface area contributed by atoms with Gasteiger partial charge in [0.25, 0.3) is 11.8 Å². The minimum atomic E-state index is -2.73. The number of alkyl halides is 2. The quantitative estimate of drug-likeness (QED) is 0.808. The highest BCUT2D eigenvalue weighted by molar-refractivity contribution is 5.95. The number of halogens is 3. The molecule has 3 rings (SSSR count). The Morgan fingerprint density at radius 3 is 2.64 bits per heavy atom. The Labute approximate surface area is 144 Å². The van der Waals surface area contributed by atoms with Gasteiger partial charge < -0.3 is 14.4 Å². The molecule has 1 atom stereocenters. The maximum absolute atomic E-state index is 13.7. The topological polar surface area (TPSA) is 42.0 Å². The van der Waals surface area contributed by atoms with Crippen molar-refractivity contribution in [3.05, 3.63) is 29.6 Å². The Bertz CT molecular complexity index is 650. The summed E-state index contributed by atoms with van der Waals surface area (Å²) in [5, 5.41) is 0. The highest BCUT2D eigenvalue weighted by Gasteiger charge is 2.50. The molecule has 0 radical (unpaired) electrons. The van der Waals surface area contributed by atoms with E-state index in [2.05, 4.69) is 0 Å². The van der Waals surface area contributed by atoms with E-state index in [0.717, 1.165) is 6.07 Å². The zero-order valence-electron chi connectivity index (χ0n) is 14.2. The van der Waals surface area contributed by atoms with Crippen molar-refractivity contribution in [1.29, 1.82) is 0 Å². The van der Waals surface area contributed by atoms with Gasteiger partial charge in [-0.1, -0.05) is 0 Å². The van der Waals surface area contributed by atoms with Crippen LogP contribution in [0, 0.1) is 5.82 Å². The van der Waals surface area contributed by atoms with Gasteiger partial charge in [-0.25, -0.2) is 13.2 Å².